The molecule has 138 valence electrons. The summed E-state index contributed by atoms with van der Waals surface area (Å²) in [6.07, 6.45) is 0.899. The summed E-state index contributed by atoms with van der Waals surface area (Å²) in [4.78, 5) is 28.8. The number of carboxylic acid groups (broad SMARTS) is 1. The van der Waals surface area contributed by atoms with Gasteiger partial charge in [0.2, 0.25) is 0 Å². The van der Waals surface area contributed by atoms with Gasteiger partial charge in [-0.3, -0.25) is 4.90 Å². The summed E-state index contributed by atoms with van der Waals surface area (Å²) in [6.45, 7) is 12.1. The normalized spacial score (nSPS) is 22.3. The monoisotopic (exact) mass is 341 g/mol. The van der Waals surface area contributed by atoms with Crippen molar-refractivity contribution in [3.63, 3.8) is 0 Å². The second kappa shape index (κ2) is 7.59. The molecule has 2 saturated heterocycles. The van der Waals surface area contributed by atoms with Crippen molar-refractivity contribution in [1.82, 2.24) is 14.7 Å². The first-order valence-corrected chi connectivity index (χ1v) is 8.87. The summed E-state index contributed by atoms with van der Waals surface area (Å²) < 4.78 is 5.44. The van der Waals surface area contributed by atoms with E-state index in [1.165, 1.54) is 4.90 Å². The first-order valence-electron chi connectivity index (χ1n) is 8.87. The highest BCUT2D eigenvalue weighted by Gasteiger charge is 2.32. The Bertz CT molecular complexity index is 447. The zero-order chi connectivity index (χ0) is 17.9. The molecule has 2 rings (SSSR count). The number of amides is 2. The van der Waals surface area contributed by atoms with E-state index in [-0.39, 0.29) is 6.09 Å². The van der Waals surface area contributed by atoms with Gasteiger partial charge >= 0.3 is 12.2 Å². The zero-order valence-electron chi connectivity index (χ0n) is 15.3. The van der Waals surface area contributed by atoms with E-state index in [1.54, 1.807) is 4.90 Å². The molecule has 2 aliphatic rings. The summed E-state index contributed by atoms with van der Waals surface area (Å²) in [5.41, 5.74) is -0.453. The third-order valence-electron chi connectivity index (χ3n) is 5.03. The Hall–Kier alpha value is -1.50. The number of piperidine rings is 1. The Labute approximate surface area is 144 Å². The van der Waals surface area contributed by atoms with Crippen molar-refractivity contribution in [3.05, 3.63) is 0 Å². The number of ether oxygens (including phenoxy) is 1. The molecule has 24 heavy (non-hydrogen) atoms. The van der Waals surface area contributed by atoms with Crippen molar-refractivity contribution in [2.24, 2.45) is 5.92 Å². The quantitative estimate of drug-likeness (QED) is 0.834. The lowest BCUT2D eigenvalue weighted by molar-refractivity contribution is 0.0109. The van der Waals surface area contributed by atoms with Crippen LogP contribution in [0.15, 0.2) is 0 Å². The maximum Gasteiger partial charge on any atom is 0.410 e. The summed E-state index contributed by atoms with van der Waals surface area (Å²) in [5.74, 6) is 0.542. The molecule has 2 aliphatic heterocycles. The van der Waals surface area contributed by atoms with Gasteiger partial charge in [0.05, 0.1) is 0 Å². The highest BCUT2D eigenvalue weighted by Crippen LogP contribution is 2.26. The number of rotatable bonds is 2. The number of hydrogen-bond donors (Lipinski definition) is 1. The minimum Gasteiger partial charge on any atom is -0.465 e. The molecule has 0 radical (unpaired) electrons. The van der Waals surface area contributed by atoms with Crippen molar-refractivity contribution >= 4 is 12.2 Å². The second-order valence-corrected chi connectivity index (χ2v) is 7.85. The first-order chi connectivity index (χ1) is 11.2. The van der Waals surface area contributed by atoms with Gasteiger partial charge in [-0.2, -0.15) is 0 Å². The van der Waals surface area contributed by atoms with Crippen molar-refractivity contribution in [2.75, 3.05) is 39.3 Å². The van der Waals surface area contributed by atoms with Crippen LogP contribution in [0.4, 0.5) is 9.59 Å². The average molecular weight is 341 g/mol. The number of piperazine rings is 1. The lowest BCUT2D eigenvalue weighted by Crippen LogP contribution is -2.54. The van der Waals surface area contributed by atoms with Crippen LogP contribution in [0.2, 0.25) is 0 Å². The number of carbonyl (C=O) groups excluding carboxylic acids is 1. The van der Waals surface area contributed by atoms with E-state index in [0.29, 0.717) is 25.0 Å². The van der Waals surface area contributed by atoms with E-state index in [0.717, 1.165) is 39.0 Å². The summed E-state index contributed by atoms with van der Waals surface area (Å²) >= 11 is 0. The molecule has 2 heterocycles. The van der Waals surface area contributed by atoms with E-state index in [9.17, 15) is 9.59 Å². The largest absolute Gasteiger partial charge is 0.465 e. The highest BCUT2D eigenvalue weighted by atomic mass is 16.6. The smallest absolute Gasteiger partial charge is 0.410 e. The van der Waals surface area contributed by atoms with Crippen molar-refractivity contribution in [2.45, 2.75) is 52.2 Å². The van der Waals surface area contributed by atoms with Gasteiger partial charge in [-0.25, -0.2) is 9.59 Å². The topological polar surface area (TPSA) is 73.3 Å². The van der Waals surface area contributed by atoms with Crippen LogP contribution in [0.1, 0.15) is 40.5 Å². The van der Waals surface area contributed by atoms with Gasteiger partial charge in [-0.15, -0.1) is 0 Å². The van der Waals surface area contributed by atoms with E-state index in [2.05, 4.69) is 11.8 Å². The zero-order valence-corrected chi connectivity index (χ0v) is 15.3. The molecular weight excluding hydrogens is 310 g/mol. The molecule has 1 N–H and O–H groups in total. The number of carbonyl (C=O) groups is 2. The lowest BCUT2D eigenvalue weighted by Gasteiger charge is -2.42. The maximum atomic E-state index is 12.1. The number of nitrogens with zero attached hydrogens (tertiary/aromatic N) is 3. The third kappa shape index (κ3) is 5.00. The van der Waals surface area contributed by atoms with Gasteiger partial charge in [0, 0.05) is 45.3 Å². The van der Waals surface area contributed by atoms with Gasteiger partial charge in [0.15, 0.2) is 0 Å². The van der Waals surface area contributed by atoms with Gasteiger partial charge in [0.1, 0.15) is 5.60 Å². The maximum absolute atomic E-state index is 12.1. The molecule has 0 spiro atoms. The van der Waals surface area contributed by atoms with Crippen LogP contribution in [0, 0.1) is 5.92 Å². The third-order valence-corrected chi connectivity index (χ3v) is 5.03. The highest BCUT2D eigenvalue weighted by molar-refractivity contribution is 5.68. The van der Waals surface area contributed by atoms with Crippen LogP contribution in [-0.2, 0) is 4.74 Å². The summed E-state index contributed by atoms with van der Waals surface area (Å²) in [7, 11) is 0. The second-order valence-electron chi connectivity index (χ2n) is 7.85. The van der Waals surface area contributed by atoms with Crippen LogP contribution in [0.3, 0.4) is 0 Å². The molecule has 0 unspecified atom stereocenters. The molecule has 0 aliphatic carbocycles. The van der Waals surface area contributed by atoms with Crippen LogP contribution in [0.25, 0.3) is 0 Å². The minimum atomic E-state index is -0.826. The fraction of sp³-hybridized carbons (Fsp3) is 0.882. The number of likely N-dealkylation sites (tertiary alicyclic amines) is 1. The van der Waals surface area contributed by atoms with Crippen molar-refractivity contribution in [3.8, 4) is 0 Å². The van der Waals surface area contributed by atoms with Gasteiger partial charge < -0.3 is 19.6 Å². The molecule has 0 bridgehead atoms. The summed E-state index contributed by atoms with van der Waals surface area (Å²) in [5, 5.41) is 9.03. The van der Waals surface area contributed by atoms with Crippen LogP contribution < -0.4 is 0 Å². The Morgan fingerprint density at radius 2 is 1.54 bits per heavy atom. The fourth-order valence-corrected chi connectivity index (χ4v) is 3.51. The SMILES string of the molecule is C[C@H](C1CCN(C(=O)OC(C)(C)C)CC1)N1CCN(C(=O)O)CC1. The van der Waals surface area contributed by atoms with Crippen molar-refractivity contribution < 1.29 is 19.4 Å². The van der Waals surface area contributed by atoms with Gasteiger partial charge in [-0.1, -0.05) is 0 Å². The Balaban J connectivity index is 1.78. The summed E-state index contributed by atoms with van der Waals surface area (Å²) in [6, 6.07) is 0.418. The van der Waals surface area contributed by atoms with Crippen LogP contribution in [0.5, 0.6) is 0 Å². The molecular formula is C17H31N3O4. The molecule has 2 amide bonds. The first kappa shape index (κ1) is 18.8. The molecule has 0 aromatic heterocycles. The molecule has 7 heteroatoms. The molecule has 2 fully saturated rings. The van der Waals surface area contributed by atoms with Crippen LogP contribution in [-0.4, -0.2) is 82.9 Å². The fourth-order valence-electron chi connectivity index (χ4n) is 3.51. The minimum absolute atomic E-state index is 0.219. The van der Waals surface area contributed by atoms with E-state index in [4.69, 9.17) is 9.84 Å². The van der Waals surface area contributed by atoms with Gasteiger partial charge in [-0.05, 0) is 46.5 Å². The molecule has 0 aromatic carbocycles. The van der Waals surface area contributed by atoms with Crippen LogP contribution >= 0.6 is 0 Å². The predicted octanol–water partition coefficient (Wildman–Crippen LogP) is 2.32. The Morgan fingerprint density at radius 3 is 2.00 bits per heavy atom. The molecule has 7 nitrogen and oxygen atoms in total. The molecule has 0 aromatic rings. The van der Waals surface area contributed by atoms with E-state index in [1.807, 2.05) is 20.8 Å². The Kier molecular flexibility index (Phi) is 5.96. The van der Waals surface area contributed by atoms with Gasteiger partial charge in [0.25, 0.3) is 0 Å². The Morgan fingerprint density at radius 1 is 1.00 bits per heavy atom. The predicted molar refractivity (Wildman–Crippen MR) is 91.2 cm³/mol. The van der Waals surface area contributed by atoms with E-state index < -0.39 is 11.7 Å². The molecule has 0 saturated carbocycles. The van der Waals surface area contributed by atoms with Crippen molar-refractivity contribution in [1.29, 1.82) is 0 Å². The lowest BCUT2D eigenvalue weighted by atomic mass is 9.89. The standard InChI is InChI=1S/C17H31N3O4/c1-13(18-9-11-19(12-10-18)15(21)22)14-5-7-20(8-6-14)16(23)24-17(2,3)4/h13-14H,5-12H2,1-4H3,(H,21,22)/t13-/m1/s1. The molecule has 1 atom stereocenters. The average Bonchev–Trinajstić information content (AvgIpc) is 2.53. The van der Waals surface area contributed by atoms with E-state index >= 15 is 0 Å². The number of hydrogen-bond acceptors (Lipinski definition) is 4.